The zero-order valence-electron chi connectivity index (χ0n) is 10.0. The number of hydrogen-bond donors (Lipinski definition) is 2. The van der Waals surface area contributed by atoms with Crippen molar-refractivity contribution >= 4 is 35.0 Å². The standard InChI is InChI=1S/C12H15ClN2OS/c1-6(2)17-10-5-9-7(4-8(10)13)11(14-3)12(16)15-9/h4-6,11,14H,1-3H3,(H,15,16). The molecule has 0 fully saturated rings. The first-order chi connectivity index (χ1) is 8.02. The Hall–Kier alpha value is -0.710. The van der Waals surface area contributed by atoms with Gasteiger partial charge in [0.25, 0.3) is 0 Å². The number of hydrogen-bond acceptors (Lipinski definition) is 3. The number of halogens is 1. The first-order valence-corrected chi connectivity index (χ1v) is 6.77. The molecule has 1 aliphatic rings. The summed E-state index contributed by atoms with van der Waals surface area (Å²) >= 11 is 7.93. The molecule has 1 aromatic carbocycles. The van der Waals surface area contributed by atoms with Gasteiger partial charge in [-0.15, -0.1) is 11.8 Å². The van der Waals surface area contributed by atoms with Gasteiger partial charge >= 0.3 is 0 Å². The van der Waals surface area contributed by atoms with Gasteiger partial charge in [0.05, 0.1) is 5.02 Å². The van der Waals surface area contributed by atoms with Crippen LogP contribution in [0.2, 0.25) is 5.02 Å². The Kier molecular flexibility index (Phi) is 3.66. The molecule has 5 heteroatoms. The van der Waals surface area contributed by atoms with Gasteiger partial charge in [-0.05, 0) is 19.2 Å². The number of nitrogens with one attached hydrogen (secondary N) is 2. The maximum absolute atomic E-state index is 11.7. The molecule has 1 amide bonds. The van der Waals surface area contributed by atoms with Crippen LogP contribution in [-0.4, -0.2) is 18.2 Å². The van der Waals surface area contributed by atoms with Crippen molar-refractivity contribution in [2.24, 2.45) is 0 Å². The summed E-state index contributed by atoms with van der Waals surface area (Å²) in [4.78, 5) is 12.7. The topological polar surface area (TPSA) is 41.1 Å². The molecule has 1 atom stereocenters. The molecule has 2 N–H and O–H groups in total. The number of likely N-dealkylation sites (N-methyl/N-ethyl adjacent to an activating group) is 1. The van der Waals surface area contributed by atoms with Crippen molar-refractivity contribution < 1.29 is 4.79 Å². The van der Waals surface area contributed by atoms with Crippen molar-refractivity contribution in [2.75, 3.05) is 12.4 Å². The lowest BCUT2D eigenvalue weighted by molar-refractivity contribution is -0.117. The van der Waals surface area contributed by atoms with Gasteiger partial charge in [-0.2, -0.15) is 0 Å². The first-order valence-electron chi connectivity index (χ1n) is 5.51. The smallest absolute Gasteiger partial charge is 0.246 e. The average Bonchev–Trinajstić information content (AvgIpc) is 2.53. The van der Waals surface area contributed by atoms with Crippen LogP contribution in [0.15, 0.2) is 17.0 Å². The van der Waals surface area contributed by atoms with Crippen molar-refractivity contribution in [3.8, 4) is 0 Å². The predicted octanol–water partition coefficient (Wildman–Crippen LogP) is 3.05. The lowest BCUT2D eigenvalue weighted by atomic mass is 10.1. The highest BCUT2D eigenvalue weighted by molar-refractivity contribution is 8.00. The van der Waals surface area contributed by atoms with E-state index < -0.39 is 0 Å². The second-order valence-electron chi connectivity index (χ2n) is 4.25. The number of benzene rings is 1. The van der Waals surface area contributed by atoms with E-state index in [0.717, 1.165) is 16.1 Å². The summed E-state index contributed by atoms with van der Waals surface area (Å²) in [7, 11) is 1.77. The van der Waals surface area contributed by atoms with Crippen LogP contribution < -0.4 is 10.6 Å². The summed E-state index contributed by atoms with van der Waals surface area (Å²) in [5, 5.41) is 7.01. The minimum Gasteiger partial charge on any atom is -0.324 e. The first kappa shape index (κ1) is 12.7. The van der Waals surface area contributed by atoms with Gasteiger partial charge in [0.15, 0.2) is 0 Å². The van der Waals surface area contributed by atoms with E-state index in [1.165, 1.54) is 0 Å². The van der Waals surface area contributed by atoms with Gasteiger partial charge in [-0.3, -0.25) is 4.79 Å². The van der Waals surface area contributed by atoms with Gasteiger partial charge in [0.1, 0.15) is 6.04 Å². The largest absolute Gasteiger partial charge is 0.324 e. The third-order valence-corrected chi connectivity index (χ3v) is 4.07. The molecule has 0 aliphatic carbocycles. The van der Waals surface area contributed by atoms with E-state index in [4.69, 9.17) is 11.6 Å². The molecule has 92 valence electrons. The van der Waals surface area contributed by atoms with Crippen LogP contribution in [0.25, 0.3) is 0 Å². The minimum absolute atomic E-state index is 0.0229. The van der Waals surface area contributed by atoms with Crippen LogP contribution in [0.3, 0.4) is 0 Å². The number of carbonyl (C=O) groups is 1. The molecular weight excluding hydrogens is 256 g/mol. The second-order valence-corrected chi connectivity index (χ2v) is 6.27. The molecule has 1 unspecified atom stereocenters. The van der Waals surface area contributed by atoms with Crippen LogP contribution in [0.1, 0.15) is 25.5 Å². The summed E-state index contributed by atoms with van der Waals surface area (Å²) < 4.78 is 0. The van der Waals surface area contributed by atoms with Crippen LogP contribution in [0.4, 0.5) is 5.69 Å². The van der Waals surface area contributed by atoms with E-state index in [1.54, 1.807) is 18.8 Å². The van der Waals surface area contributed by atoms with E-state index in [-0.39, 0.29) is 11.9 Å². The quantitative estimate of drug-likeness (QED) is 0.830. The summed E-state index contributed by atoms with van der Waals surface area (Å²) in [6.45, 7) is 4.23. The number of thioether (sulfide) groups is 1. The third kappa shape index (κ3) is 2.44. The Labute approximate surface area is 110 Å². The van der Waals surface area contributed by atoms with Crippen LogP contribution in [0, 0.1) is 0 Å². The van der Waals surface area contributed by atoms with E-state index >= 15 is 0 Å². The number of carbonyl (C=O) groups excluding carboxylic acids is 1. The van der Waals surface area contributed by atoms with Gasteiger partial charge in [-0.1, -0.05) is 25.4 Å². The van der Waals surface area contributed by atoms with E-state index in [1.807, 2.05) is 12.1 Å². The van der Waals surface area contributed by atoms with Gasteiger partial charge in [0, 0.05) is 21.4 Å². The molecule has 0 aromatic heterocycles. The zero-order valence-corrected chi connectivity index (χ0v) is 11.6. The van der Waals surface area contributed by atoms with Crippen LogP contribution >= 0.6 is 23.4 Å². The number of rotatable bonds is 3. The molecular formula is C12H15ClN2OS. The SMILES string of the molecule is CNC1C(=O)Nc2cc(SC(C)C)c(Cl)cc21. The Morgan fingerprint density at radius 2 is 2.18 bits per heavy atom. The molecule has 2 rings (SSSR count). The highest BCUT2D eigenvalue weighted by Crippen LogP contribution is 2.39. The zero-order chi connectivity index (χ0) is 12.6. The summed E-state index contributed by atoms with van der Waals surface area (Å²) in [6, 6.07) is 3.54. The fourth-order valence-electron chi connectivity index (χ4n) is 1.89. The number of fused-ring (bicyclic) bond motifs is 1. The van der Waals surface area contributed by atoms with Crippen molar-refractivity contribution in [1.29, 1.82) is 0 Å². The van der Waals surface area contributed by atoms with Crippen molar-refractivity contribution in [1.82, 2.24) is 5.32 Å². The Bertz CT molecular complexity index is 462. The molecule has 1 aliphatic heterocycles. The lowest BCUT2D eigenvalue weighted by Crippen LogP contribution is -2.23. The maximum atomic E-state index is 11.7. The highest BCUT2D eigenvalue weighted by Gasteiger charge is 2.30. The van der Waals surface area contributed by atoms with Gasteiger partial charge in [-0.25, -0.2) is 0 Å². The van der Waals surface area contributed by atoms with E-state index in [2.05, 4.69) is 24.5 Å². The van der Waals surface area contributed by atoms with E-state index in [0.29, 0.717) is 10.3 Å². The number of amides is 1. The molecule has 0 saturated carbocycles. The molecule has 3 nitrogen and oxygen atoms in total. The highest BCUT2D eigenvalue weighted by atomic mass is 35.5. The van der Waals surface area contributed by atoms with Crippen molar-refractivity contribution in [2.45, 2.75) is 30.0 Å². The van der Waals surface area contributed by atoms with Crippen molar-refractivity contribution in [3.05, 3.63) is 22.7 Å². The second kappa shape index (κ2) is 4.88. The van der Waals surface area contributed by atoms with Crippen LogP contribution in [-0.2, 0) is 4.79 Å². The minimum atomic E-state index is -0.291. The Morgan fingerprint density at radius 3 is 2.76 bits per heavy atom. The molecule has 0 spiro atoms. The Balaban J connectivity index is 2.40. The molecule has 0 saturated heterocycles. The van der Waals surface area contributed by atoms with Gasteiger partial charge in [0.2, 0.25) is 5.91 Å². The normalized spacial score (nSPS) is 18.4. The number of anilines is 1. The van der Waals surface area contributed by atoms with Crippen molar-refractivity contribution in [3.63, 3.8) is 0 Å². The lowest BCUT2D eigenvalue weighted by Gasteiger charge is -2.11. The van der Waals surface area contributed by atoms with E-state index in [9.17, 15) is 4.79 Å². The molecule has 1 heterocycles. The fourth-order valence-corrected chi connectivity index (χ4v) is 3.06. The predicted molar refractivity (Wildman–Crippen MR) is 72.9 cm³/mol. The average molecular weight is 271 g/mol. The summed E-state index contributed by atoms with van der Waals surface area (Å²) in [5.41, 5.74) is 1.79. The Morgan fingerprint density at radius 1 is 1.47 bits per heavy atom. The molecule has 1 aromatic rings. The molecule has 0 radical (unpaired) electrons. The third-order valence-electron chi connectivity index (χ3n) is 2.59. The van der Waals surface area contributed by atoms with Gasteiger partial charge < -0.3 is 10.6 Å². The fraction of sp³-hybridized carbons (Fsp3) is 0.417. The molecule has 0 bridgehead atoms. The summed E-state index contributed by atoms with van der Waals surface area (Å²) in [6.07, 6.45) is 0. The molecule has 17 heavy (non-hydrogen) atoms. The van der Waals surface area contributed by atoms with Crippen LogP contribution in [0.5, 0.6) is 0 Å². The maximum Gasteiger partial charge on any atom is 0.246 e. The monoisotopic (exact) mass is 270 g/mol. The summed E-state index contributed by atoms with van der Waals surface area (Å²) in [5.74, 6) is -0.0229.